The summed E-state index contributed by atoms with van der Waals surface area (Å²) >= 11 is 5.58. The molecule has 3 atom stereocenters. The SMILES string of the molecule is O=C(C1CCOCC1)N1C[C@H]2CC(Nc3nnc(Cl)cc3C(F)(F)F)C[C@H]2C1. The number of likely N-dealkylation sites (tertiary alicyclic amines) is 1. The number of carbonyl (C=O) groups excluding carboxylic acids is 1. The Kier molecular flexibility index (Phi) is 5.39. The highest BCUT2D eigenvalue weighted by atomic mass is 35.5. The maximum absolute atomic E-state index is 13.2. The molecule has 0 aromatic carbocycles. The first-order valence-corrected chi connectivity index (χ1v) is 9.92. The minimum Gasteiger partial charge on any atom is -0.381 e. The number of amides is 1. The minimum absolute atomic E-state index is 0.0418. The van der Waals surface area contributed by atoms with Gasteiger partial charge in [0.2, 0.25) is 5.91 Å². The first-order valence-electron chi connectivity index (χ1n) is 9.54. The Bertz CT molecular complexity index is 728. The van der Waals surface area contributed by atoms with Crippen molar-refractivity contribution < 1.29 is 22.7 Å². The average Bonchev–Trinajstić information content (AvgIpc) is 3.21. The van der Waals surface area contributed by atoms with Crippen LogP contribution in [0.2, 0.25) is 5.15 Å². The lowest BCUT2D eigenvalue weighted by molar-refractivity contribution is -0.138. The van der Waals surface area contributed by atoms with Crippen molar-refractivity contribution in [2.45, 2.75) is 37.9 Å². The van der Waals surface area contributed by atoms with Crippen LogP contribution in [0.3, 0.4) is 0 Å². The van der Waals surface area contributed by atoms with Gasteiger partial charge < -0.3 is 15.0 Å². The molecular formula is C18H22ClF3N4O2. The number of aromatic nitrogens is 2. The first-order chi connectivity index (χ1) is 13.3. The van der Waals surface area contributed by atoms with Crippen molar-refractivity contribution >= 4 is 23.3 Å². The maximum Gasteiger partial charge on any atom is 0.420 e. The topological polar surface area (TPSA) is 67.3 Å². The van der Waals surface area contributed by atoms with Crippen molar-refractivity contribution in [1.29, 1.82) is 0 Å². The van der Waals surface area contributed by atoms with Crippen LogP contribution in [0.5, 0.6) is 0 Å². The summed E-state index contributed by atoms with van der Waals surface area (Å²) in [6.07, 6.45) is -1.59. The van der Waals surface area contributed by atoms with Crippen LogP contribution < -0.4 is 5.32 Å². The molecule has 154 valence electrons. The number of nitrogens with zero attached hydrogens (tertiary/aromatic N) is 3. The van der Waals surface area contributed by atoms with E-state index in [-0.39, 0.29) is 28.8 Å². The smallest absolute Gasteiger partial charge is 0.381 e. The molecule has 1 aliphatic carbocycles. The van der Waals surface area contributed by atoms with Crippen molar-refractivity contribution in [3.8, 4) is 0 Å². The molecule has 1 amide bonds. The summed E-state index contributed by atoms with van der Waals surface area (Å²) in [5.41, 5.74) is -0.902. The second-order valence-electron chi connectivity index (χ2n) is 7.89. The summed E-state index contributed by atoms with van der Waals surface area (Å²) in [7, 11) is 0. The summed E-state index contributed by atoms with van der Waals surface area (Å²) in [5.74, 6) is 0.564. The van der Waals surface area contributed by atoms with Crippen LogP contribution >= 0.6 is 11.6 Å². The van der Waals surface area contributed by atoms with E-state index >= 15 is 0 Å². The zero-order valence-electron chi connectivity index (χ0n) is 15.2. The number of carbonyl (C=O) groups is 1. The van der Waals surface area contributed by atoms with Crippen LogP contribution in [-0.2, 0) is 15.7 Å². The summed E-state index contributed by atoms with van der Waals surface area (Å²) in [5, 5.41) is 9.78. The Hall–Kier alpha value is -1.61. The van der Waals surface area contributed by atoms with Gasteiger partial charge >= 0.3 is 6.18 Å². The highest BCUT2D eigenvalue weighted by molar-refractivity contribution is 6.29. The average molecular weight is 419 g/mol. The van der Waals surface area contributed by atoms with Gasteiger partial charge in [-0.3, -0.25) is 4.79 Å². The predicted molar refractivity (Wildman–Crippen MR) is 95.8 cm³/mol. The quantitative estimate of drug-likeness (QED) is 0.816. The normalized spacial score (nSPS) is 28.4. The number of hydrogen-bond acceptors (Lipinski definition) is 5. The Morgan fingerprint density at radius 2 is 1.82 bits per heavy atom. The van der Waals surface area contributed by atoms with Crippen molar-refractivity contribution in [2.75, 3.05) is 31.6 Å². The van der Waals surface area contributed by atoms with Gasteiger partial charge in [0.1, 0.15) is 5.56 Å². The molecule has 0 radical (unpaired) electrons. The lowest BCUT2D eigenvalue weighted by Crippen LogP contribution is -2.38. The monoisotopic (exact) mass is 418 g/mol. The summed E-state index contributed by atoms with van der Waals surface area (Å²) in [4.78, 5) is 14.6. The van der Waals surface area contributed by atoms with Crippen LogP contribution in [0.25, 0.3) is 0 Å². The fraction of sp³-hybridized carbons (Fsp3) is 0.722. The van der Waals surface area contributed by atoms with Crippen LogP contribution in [-0.4, -0.2) is 53.3 Å². The molecular weight excluding hydrogens is 397 g/mol. The number of halogens is 4. The summed E-state index contributed by atoms with van der Waals surface area (Å²) < 4.78 is 45.0. The molecule has 10 heteroatoms. The summed E-state index contributed by atoms with van der Waals surface area (Å²) in [6, 6.07) is 0.674. The van der Waals surface area contributed by atoms with Crippen LogP contribution in [0, 0.1) is 17.8 Å². The molecule has 2 aliphatic heterocycles. The number of hydrogen-bond donors (Lipinski definition) is 1. The molecule has 3 aliphatic rings. The standard InChI is InChI=1S/C18H22ClF3N4O2/c19-15-7-14(18(20,21)22)16(25-24-15)23-13-5-11-8-26(9-12(11)6-13)17(27)10-1-3-28-4-2-10/h7,10-13H,1-6,8-9H2,(H,23,25)/t11-,12+,13?. The van der Waals surface area contributed by atoms with Crippen molar-refractivity contribution in [1.82, 2.24) is 15.1 Å². The first kappa shape index (κ1) is 19.7. The molecule has 3 fully saturated rings. The number of fused-ring (bicyclic) bond motifs is 1. The molecule has 1 unspecified atom stereocenters. The van der Waals surface area contributed by atoms with E-state index in [9.17, 15) is 18.0 Å². The number of alkyl halides is 3. The van der Waals surface area contributed by atoms with Crippen molar-refractivity contribution in [3.05, 3.63) is 16.8 Å². The third-order valence-corrected chi connectivity index (χ3v) is 6.23. The lowest BCUT2D eigenvalue weighted by Gasteiger charge is -2.27. The lowest BCUT2D eigenvalue weighted by atomic mass is 9.98. The number of anilines is 1. The zero-order chi connectivity index (χ0) is 19.9. The van der Waals surface area contributed by atoms with E-state index in [0.717, 1.165) is 18.9 Å². The van der Waals surface area contributed by atoms with E-state index in [1.807, 2.05) is 4.90 Å². The highest BCUT2D eigenvalue weighted by Crippen LogP contribution is 2.41. The second-order valence-corrected chi connectivity index (χ2v) is 8.28. The fourth-order valence-corrected chi connectivity index (χ4v) is 4.83. The van der Waals surface area contributed by atoms with E-state index in [1.54, 1.807) is 0 Å². The molecule has 28 heavy (non-hydrogen) atoms. The van der Waals surface area contributed by atoms with E-state index in [0.29, 0.717) is 51.0 Å². The van der Waals surface area contributed by atoms with Gasteiger partial charge in [-0.25, -0.2) is 0 Å². The van der Waals surface area contributed by atoms with Crippen LogP contribution in [0.4, 0.5) is 19.0 Å². The Balaban J connectivity index is 1.36. The van der Waals surface area contributed by atoms with Crippen LogP contribution in [0.15, 0.2) is 6.07 Å². The van der Waals surface area contributed by atoms with Crippen molar-refractivity contribution in [3.63, 3.8) is 0 Å². The van der Waals surface area contributed by atoms with Gasteiger partial charge in [-0.15, -0.1) is 10.2 Å². The molecule has 2 saturated heterocycles. The fourth-order valence-electron chi connectivity index (χ4n) is 4.68. The zero-order valence-corrected chi connectivity index (χ0v) is 16.0. The molecule has 1 saturated carbocycles. The van der Waals surface area contributed by atoms with E-state index in [2.05, 4.69) is 15.5 Å². The molecule has 6 nitrogen and oxygen atoms in total. The van der Waals surface area contributed by atoms with E-state index in [4.69, 9.17) is 16.3 Å². The summed E-state index contributed by atoms with van der Waals surface area (Å²) in [6.45, 7) is 2.62. The molecule has 3 heterocycles. The van der Waals surface area contributed by atoms with E-state index in [1.165, 1.54) is 0 Å². The highest BCUT2D eigenvalue weighted by Gasteiger charge is 2.44. The van der Waals surface area contributed by atoms with E-state index < -0.39 is 11.7 Å². The van der Waals surface area contributed by atoms with Gasteiger partial charge in [0.25, 0.3) is 0 Å². The molecule has 1 N–H and O–H groups in total. The molecule has 1 aromatic rings. The maximum atomic E-state index is 13.2. The predicted octanol–water partition coefficient (Wildman–Crippen LogP) is 3.22. The van der Waals surface area contributed by atoms with Gasteiger partial charge in [0.15, 0.2) is 11.0 Å². The number of nitrogens with one attached hydrogen (secondary N) is 1. The van der Waals surface area contributed by atoms with Gasteiger partial charge in [-0.1, -0.05) is 11.6 Å². The van der Waals surface area contributed by atoms with Gasteiger partial charge in [-0.05, 0) is 43.6 Å². The van der Waals surface area contributed by atoms with Gasteiger partial charge in [0, 0.05) is 38.3 Å². The second kappa shape index (κ2) is 7.67. The van der Waals surface area contributed by atoms with Gasteiger partial charge in [0.05, 0.1) is 0 Å². The van der Waals surface area contributed by atoms with Crippen LogP contribution in [0.1, 0.15) is 31.2 Å². The Morgan fingerprint density at radius 3 is 2.43 bits per heavy atom. The molecule has 0 spiro atoms. The Labute approximate surface area is 165 Å². The third-order valence-electron chi connectivity index (χ3n) is 6.04. The minimum atomic E-state index is -4.55. The van der Waals surface area contributed by atoms with Crippen molar-refractivity contribution in [2.24, 2.45) is 17.8 Å². The number of rotatable bonds is 3. The number of ether oxygens (including phenoxy) is 1. The Morgan fingerprint density at radius 1 is 1.18 bits per heavy atom. The molecule has 1 aromatic heterocycles. The largest absolute Gasteiger partial charge is 0.420 e. The third kappa shape index (κ3) is 4.05. The molecule has 4 rings (SSSR count). The molecule has 0 bridgehead atoms. The van der Waals surface area contributed by atoms with Gasteiger partial charge in [-0.2, -0.15) is 13.2 Å².